The Hall–Kier alpha value is -0.260. The molecule has 0 heteroatoms. The van der Waals surface area contributed by atoms with Crippen molar-refractivity contribution in [1.82, 2.24) is 0 Å². The fraction of sp³-hybridized carbons (Fsp3) is 0.900. The summed E-state index contributed by atoms with van der Waals surface area (Å²) in [6.07, 6.45) is 41.8. The second-order valence-electron chi connectivity index (χ2n) is 9.68. The number of hydrogen-bond acceptors (Lipinski definition) is 0. The monoisotopic (exact) mass is 419 g/mol. The molecule has 0 heterocycles. The molecule has 0 saturated heterocycles. The Labute approximate surface area is 193 Å². The first-order chi connectivity index (χ1) is 14.9. The lowest BCUT2D eigenvalue weighted by molar-refractivity contribution is 0.520. The molecule has 0 aromatic carbocycles. The van der Waals surface area contributed by atoms with E-state index in [2.05, 4.69) is 26.0 Å². The average molecular weight is 420 g/mol. The first kappa shape index (κ1) is 29.7. The Morgan fingerprint density at radius 2 is 0.633 bits per heavy atom. The van der Waals surface area contributed by atoms with Crippen LogP contribution in [-0.2, 0) is 0 Å². The summed E-state index contributed by atoms with van der Waals surface area (Å²) < 4.78 is 0. The van der Waals surface area contributed by atoms with Crippen molar-refractivity contribution in [2.75, 3.05) is 0 Å². The van der Waals surface area contributed by atoms with Gasteiger partial charge in [-0.3, -0.25) is 0 Å². The van der Waals surface area contributed by atoms with Gasteiger partial charge in [-0.25, -0.2) is 0 Å². The summed E-state index contributed by atoms with van der Waals surface area (Å²) in [6.45, 7) is 6.20. The van der Waals surface area contributed by atoms with Crippen molar-refractivity contribution in [3.05, 3.63) is 19.1 Å². The van der Waals surface area contributed by atoms with Crippen molar-refractivity contribution in [3.8, 4) is 0 Å². The molecule has 179 valence electrons. The molecule has 0 bridgehead atoms. The van der Waals surface area contributed by atoms with Crippen LogP contribution in [0.1, 0.15) is 174 Å². The zero-order valence-electron chi connectivity index (χ0n) is 21.2. The van der Waals surface area contributed by atoms with E-state index in [4.69, 9.17) is 0 Å². The summed E-state index contributed by atoms with van der Waals surface area (Å²) in [5.41, 5.74) is 0. The highest BCUT2D eigenvalue weighted by Crippen LogP contribution is 2.15. The molecule has 0 aliphatic carbocycles. The fourth-order valence-corrected chi connectivity index (χ4v) is 4.37. The van der Waals surface area contributed by atoms with Crippen LogP contribution in [0.4, 0.5) is 0 Å². The summed E-state index contributed by atoms with van der Waals surface area (Å²) in [5.74, 6) is 0. The SMILES string of the molecule is [CH2]CCCC/C=C/CCCCCCCCCCCCCCCCCCCCCCC. The van der Waals surface area contributed by atoms with E-state index in [1.807, 2.05) is 0 Å². The molecular weight excluding hydrogens is 360 g/mol. The summed E-state index contributed by atoms with van der Waals surface area (Å²) in [7, 11) is 0. The molecule has 0 rings (SSSR count). The second kappa shape index (κ2) is 28.7. The zero-order valence-corrected chi connectivity index (χ0v) is 21.2. The standard InChI is InChI=1S/C30H59/c1-3-5-7-9-11-13-15-17-19-21-23-25-27-29-30-28-26-24-22-20-18-16-14-12-10-8-6-4-2/h11,13H,1,3-10,12,14-30H2,2H3/b13-11+. The van der Waals surface area contributed by atoms with Gasteiger partial charge in [-0.15, -0.1) is 0 Å². The highest BCUT2D eigenvalue weighted by atomic mass is 14.0. The molecule has 0 amide bonds. The van der Waals surface area contributed by atoms with Gasteiger partial charge >= 0.3 is 0 Å². The minimum atomic E-state index is 1.09. The third kappa shape index (κ3) is 27.7. The van der Waals surface area contributed by atoms with Gasteiger partial charge < -0.3 is 0 Å². The molecule has 0 aliphatic rings. The largest absolute Gasteiger partial charge is 0.0885 e. The summed E-state index contributed by atoms with van der Waals surface area (Å²) in [6, 6.07) is 0. The van der Waals surface area contributed by atoms with E-state index in [0.29, 0.717) is 0 Å². The van der Waals surface area contributed by atoms with Crippen molar-refractivity contribution < 1.29 is 0 Å². The van der Waals surface area contributed by atoms with Crippen LogP contribution < -0.4 is 0 Å². The van der Waals surface area contributed by atoms with Crippen LogP contribution in [0.25, 0.3) is 0 Å². The molecule has 0 nitrogen and oxygen atoms in total. The Kier molecular flexibility index (Phi) is 28.5. The Bertz CT molecular complexity index is 303. The van der Waals surface area contributed by atoms with Gasteiger partial charge in [0.2, 0.25) is 0 Å². The van der Waals surface area contributed by atoms with Gasteiger partial charge in [0.1, 0.15) is 0 Å². The van der Waals surface area contributed by atoms with Gasteiger partial charge in [0.15, 0.2) is 0 Å². The predicted molar refractivity (Wildman–Crippen MR) is 140 cm³/mol. The Morgan fingerprint density at radius 3 is 0.933 bits per heavy atom. The van der Waals surface area contributed by atoms with Crippen molar-refractivity contribution in [2.24, 2.45) is 0 Å². The fourth-order valence-electron chi connectivity index (χ4n) is 4.37. The van der Waals surface area contributed by atoms with E-state index in [0.717, 1.165) is 6.42 Å². The molecule has 0 N–H and O–H groups in total. The molecule has 0 spiro atoms. The smallest absolute Gasteiger partial charge is 0.0351 e. The molecule has 0 aromatic rings. The maximum atomic E-state index is 3.89. The lowest BCUT2D eigenvalue weighted by Crippen LogP contribution is -1.84. The average Bonchev–Trinajstić information content (AvgIpc) is 2.76. The van der Waals surface area contributed by atoms with Gasteiger partial charge in [0.25, 0.3) is 0 Å². The maximum absolute atomic E-state index is 3.89. The number of hydrogen-bond donors (Lipinski definition) is 0. The van der Waals surface area contributed by atoms with Crippen molar-refractivity contribution in [2.45, 2.75) is 174 Å². The third-order valence-corrected chi connectivity index (χ3v) is 6.51. The minimum absolute atomic E-state index is 1.09. The van der Waals surface area contributed by atoms with E-state index in [9.17, 15) is 0 Å². The van der Waals surface area contributed by atoms with Gasteiger partial charge in [0, 0.05) is 0 Å². The van der Waals surface area contributed by atoms with Crippen LogP contribution in [0, 0.1) is 6.92 Å². The molecule has 30 heavy (non-hydrogen) atoms. The molecule has 0 saturated carbocycles. The van der Waals surface area contributed by atoms with E-state index in [1.54, 1.807) is 0 Å². The van der Waals surface area contributed by atoms with Crippen molar-refractivity contribution in [1.29, 1.82) is 0 Å². The highest BCUT2D eigenvalue weighted by Gasteiger charge is 1.95. The number of rotatable bonds is 26. The van der Waals surface area contributed by atoms with E-state index in [1.165, 1.54) is 161 Å². The van der Waals surface area contributed by atoms with Crippen LogP contribution >= 0.6 is 0 Å². The van der Waals surface area contributed by atoms with Crippen molar-refractivity contribution in [3.63, 3.8) is 0 Å². The lowest BCUT2D eigenvalue weighted by atomic mass is 10.0. The predicted octanol–water partition coefficient (Wildman–Crippen LogP) is 11.5. The van der Waals surface area contributed by atoms with Crippen LogP contribution in [0.2, 0.25) is 0 Å². The Morgan fingerprint density at radius 1 is 0.367 bits per heavy atom. The summed E-state index contributed by atoms with van der Waals surface area (Å²) >= 11 is 0. The molecule has 0 atom stereocenters. The molecule has 0 fully saturated rings. The maximum Gasteiger partial charge on any atom is -0.0351 e. The quantitative estimate of drug-likeness (QED) is 0.0965. The summed E-state index contributed by atoms with van der Waals surface area (Å²) in [4.78, 5) is 0. The molecular formula is C30H59. The molecule has 0 aliphatic heterocycles. The molecule has 0 aromatic heterocycles. The number of allylic oxidation sites excluding steroid dienone is 2. The number of unbranched alkanes of at least 4 members (excludes halogenated alkanes) is 24. The summed E-state index contributed by atoms with van der Waals surface area (Å²) in [5, 5.41) is 0. The molecule has 1 radical (unpaired) electrons. The van der Waals surface area contributed by atoms with Gasteiger partial charge in [-0.05, 0) is 25.7 Å². The normalized spacial score (nSPS) is 11.7. The van der Waals surface area contributed by atoms with Crippen LogP contribution in [0.3, 0.4) is 0 Å². The molecule has 0 unspecified atom stereocenters. The van der Waals surface area contributed by atoms with Gasteiger partial charge in [-0.2, -0.15) is 0 Å². The van der Waals surface area contributed by atoms with E-state index < -0.39 is 0 Å². The van der Waals surface area contributed by atoms with Crippen LogP contribution in [0.5, 0.6) is 0 Å². The highest BCUT2D eigenvalue weighted by molar-refractivity contribution is 4.81. The first-order valence-electron chi connectivity index (χ1n) is 14.4. The third-order valence-electron chi connectivity index (χ3n) is 6.51. The van der Waals surface area contributed by atoms with E-state index >= 15 is 0 Å². The van der Waals surface area contributed by atoms with Gasteiger partial charge in [-0.1, -0.05) is 167 Å². The Balaban J connectivity index is 3.02. The van der Waals surface area contributed by atoms with Gasteiger partial charge in [0.05, 0.1) is 0 Å². The minimum Gasteiger partial charge on any atom is -0.0885 e. The van der Waals surface area contributed by atoms with E-state index in [-0.39, 0.29) is 0 Å². The van der Waals surface area contributed by atoms with Crippen LogP contribution in [-0.4, -0.2) is 0 Å². The second-order valence-corrected chi connectivity index (χ2v) is 9.68. The topological polar surface area (TPSA) is 0 Å². The van der Waals surface area contributed by atoms with Crippen molar-refractivity contribution >= 4 is 0 Å². The zero-order chi connectivity index (χ0) is 21.8. The lowest BCUT2D eigenvalue weighted by Gasteiger charge is -2.04. The van der Waals surface area contributed by atoms with Crippen LogP contribution in [0.15, 0.2) is 12.2 Å². The first-order valence-corrected chi connectivity index (χ1v) is 14.4.